The summed E-state index contributed by atoms with van der Waals surface area (Å²) in [5, 5.41) is 0. The number of carbonyl (C=O) groups is 1. The van der Waals surface area contributed by atoms with Gasteiger partial charge in [-0.05, 0) is 6.07 Å². The highest BCUT2D eigenvalue weighted by Crippen LogP contribution is 2.21. The molecule has 1 atom stereocenters. The second kappa shape index (κ2) is 4.31. The Morgan fingerprint density at radius 2 is 2.27 bits per heavy atom. The fraction of sp³-hybridized carbons (Fsp3) is 0.364. The molecule has 1 saturated heterocycles. The van der Waals surface area contributed by atoms with Crippen LogP contribution < -0.4 is 10.5 Å². The zero-order chi connectivity index (χ0) is 10.7. The van der Waals surface area contributed by atoms with E-state index in [1.165, 1.54) is 0 Å². The molecular weight excluding hydrogens is 194 g/mol. The van der Waals surface area contributed by atoms with Crippen LogP contribution in [0, 0.1) is 0 Å². The lowest BCUT2D eigenvalue weighted by atomic mass is 10.2. The number of hydrogen-bond acceptors (Lipinski definition) is 4. The summed E-state index contributed by atoms with van der Waals surface area (Å²) in [4.78, 5) is 11.2. The third kappa shape index (κ3) is 2.10. The topological polar surface area (TPSA) is 61.6 Å². The van der Waals surface area contributed by atoms with Gasteiger partial charge in [-0.25, -0.2) is 4.79 Å². The van der Waals surface area contributed by atoms with Crippen molar-refractivity contribution in [2.75, 3.05) is 6.61 Å². The first-order chi connectivity index (χ1) is 7.31. The van der Waals surface area contributed by atoms with Gasteiger partial charge in [-0.15, -0.1) is 0 Å². The van der Waals surface area contributed by atoms with Crippen molar-refractivity contribution in [3.8, 4) is 5.75 Å². The van der Waals surface area contributed by atoms with Gasteiger partial charge in [0.25, 0.3) is 0 Å². The van der Waals surface area contributed by atoms with E-state index in [0.29, 0.717) is 25.3 Å². The van der Waals surface area contributed by atoms with E-state index < -0.39 is 6.10 Å². The summed E-state index contributed by atoms with van der Waals surface area (Å²) >= 11 is 0. The maximum Gasteiger partial charge on any atom is 0.347 e. The third-order valence-electron chi connectivity index (χ3n) is 2.35. The second-order valence-electron chi connectivity index (χ2n) is 3.37. The van der Waals surface area contributed by atoms with E-state index in [2.05, 4.69) is 0 Å². The van der Waals surface area contributed by atoms with Crippen molar-refractivity contribution < 1.29 is 14.3 Å². The molecule has 0 aromatic heterocycles. The van der Waals surface area contributed by atoms with Gasteiger partial charge < -0.3 is 15.2 Å². The quantitative estimate of drug-likeness (QED) is 0.746. The molecule has 4 nitrogen and oxygen atoms in total. The standard InChI is InChI=1S/C11H13NO3/c12-7-8-3-1-2-4-9(8)15-10-5-6-14-11(10)13/h1-4,10H,5-7,12H2. The number of para-hydroxylation sites is 1. The highest BCUT2D eigenvalue weighted by Gasteiger charge is 2.28. The van der Waals surface area contributed by atoms with E-state index in [1.54, 1.807) is 0 Å². The van der Waals surface area contributed by atoms with Crippen LogP contribution in [-0.4, -0.2) is 18.7 Å². The van der Waals surface area contributed by atoms with Crippen LogP contribution in [0.25, 0.3) is 0 Å². The van der Waals surface area contributed by atoms with Crippen molar-refractivity contribution in [1.29, 1.82) is 0 Å². The smallest absolute Gasteiger partial charge is 0.347 e. The first-order valence-electron chi connectivity index (χ1n) is 4.92. The van der Waals surface area contributed by atoms with Crippen molar-refractivity contribution in [3.05, 3.63) is 29.8 Å². The van der Waals surface area contributed by atoms with Crippen LogP contribution in [0.1, 0.15) is 12.0 Å². The molecule has 1 fully saturated rings. The van der Waals surface area contributed by atoms with E-state index >= 15 is 0 Å². The van der Waals surface area contributed by atoms with Crippen molar-refractivity contribution in [2.45, 2.75) is 19.1 Å². The summed E-state index contributed by atoms with van der Waals surface area (Å²) in [6.45, 7) is 0.840. The number of ether oxygens (including phenoxy) is 2. The van der Waals surface area contributed by atoms with Gasteiger partial charge in [-0.3, -0.25) is 0 Å². The van der Waals surface area contributed by atoms with Gasteiger partial charge in [0.05, 0.1) is 6.61 Å². The van der Waals surface area contributed by atoms with Crippen LogP contribution in [0.3, 0.4) is 0 Å². The van der Waals surface area contributed by atoms with E-state index in [4.69, 9.17) is 15.2 Å². The molecule has 2 rings (SSSR count). The molecule has 0 amide bonds. The molecule has 4 heteroatoms. The third-order valence-corrected chi connectivity index (χ3v) is 2.35. The molecule has 1 unspecified atom stereocenters. The minimum absolute atomic E-state index is 0.290. The molecule has 0 spiro atoms. The summed E-state index contributed by atoms with van der Waals surface area (Å²) in [7, 11) is 0. The van der Waals surface area contributed by atoms with E-state index in [0.717, 1.165) is 5.56 Å². The largest absolute Gasteiger partial charge is 0.478 e. The number of benzene rings is 1. The van der Waals surface area contributed by atoms with Crippen LogP contribution in [0.5, 0.6) is 5.75 Å². The van der Waals surface area contributed by atoms with Crippen LogP contribution in [0.15, 0.2) is 24.3 Å². The molecule has 80 valence electrons. The van der Waals surface area contributed by atoms with Crippen molar-refractivity contribution in [2.24, 2.45) is 5.73 Å². The Morgan fingerprint density at radius 3 is 2.93 bits per heavy atom. The maximum atomic E-state index is 11.2. The van der Waals surface area contributed by atoms with Gasteiger partial charge in [0.2, 0.25) is 0 Å². The highest BCUT2D eigenvalue weighted by molar-refractivity contribution is 5.76. The zero-order valence-corrected chi connectivity index (χ0v) is 8.31. The molecule has 0 radical (unpaired) electrons. The molecule has 2 N–H and O–H groups in total. The molecule has 1 aromatic rings. The number of hydrogen-bond donors (Lipinski definition) is 1. The average Bonchev–Trinajstić information content (AvgIpc) is 2.65. The second-order valence-corrected chi connectivity index (χ2v) is 3.37. The Bertz CT molecular complexity index is 365. The van der Waals surface area contributed by atoms with Crippen LogP contribution in [-0.2, 0) is 16.1 Å². The first kappa shape index (κ1) is 9.98. The van der Waals surface area contributed by atoms with Gasteiger partial charge in [0, 0.05) is 18.5 Å². The molecule has 1 heterocycles. The predicted octanol–water partition coefficient (Wildman–Crippen LogP) is 0.840. The highest BCUT2D eigenvalue weighted by atomic mass is 16.6. The van der Waals surface area contributed by atoms with E-state index in [1.807, 2.05) is 24.3 Å². The predicted molar refractivity (Wildman–Crippen MR) is 54.3 cm³/mol. The van der Waals surface area contributed by atoms with Crippen LogP contribution in [0.2, 0.25) is 0 Å². The monoisotopic (exact) mass is 207 g/mol. The SMILES string of the molecule is NCc1ccccc1OC1CCOC1=O. The minimum atomic E-state index is -0.474. The number of cyclic esters (lactones) is 1. The average molecular weight is 207 g/mol. The Labute approximate surface area is 88.0 Å². The van der Waals surface area contributed by atoms with Gasteiger partial charge >= 0.3 is 5.97 Å². The molecular formula is C11H13NO3. The van der Waals surface area contributed by atoms with Gasteiger partial charge in [0.1, 0.15) is 5.75 Å². The fourth-order valence-corrected chi connectivity index (χ4v) is 1.53. The lowest BCUT2D eigenvalue weighted by Gasteiger charge is -2.12. The fourth-order valence-electron chi connectivity index (χ4n) is 1.53. The lowest BCUT2D eigenvalue weighted by Crippen LogP contribution is -2.22. The molecule has 1 aliphatic rings. The number of nitrogens with two attached hydrogens (primary N) is 1. The summed E-state index contributed by atoms with van der Waals surface area (Å²) in [6.07, 6.45) is 0.135. The maximum absolute atomic E-state index is 11.2. The van der Waals surface area contributed by atoms with Crippen molar-refractivity contribution in [1.82, 2.24) is 0 Å². The minimum Gasteiger partial charge on any atom is -0.478 e. The van der Waals surface area contributed by atoms with Gasteiger partial charge in [0.15, 0.2) is 6.10 Å². The van der Waals surface area contributed by atoms with Crippen LogP contribution in [0.4, 0.5) is 0 Å². The summed E-state index contributed by atoms with van der Waals surface area (Å²) in [5.41, 5.74) is 6.46. The zero-order valence-electron chi connectivity index (χ0n) is 8.31. The Kier molecular flexibility index (Phi) is 2.87. The molecule has 0 saturated carbocycles. The summed E-state index contributed by atoms with van der Waals surface area (Å²) in [6, 6.07) is 7.44. The number of esters is 1. The van der Waals surface area contributed by atoms with E-state index in [-0.39, 0.29) is 5.97 Å². The van der Waals surface area contributed by atoms with Crippen molar-refractivity contribution >= 4 is 5.97 Å². The normalized spacial score (nSPS) is 20.1. The van der Waals surface area contributed by atoms with E-state index in [9.17, 15) is 4.79 Å². The van der Waals surface area contributed by atoms with Gasteiger partial charge in [-0.1, -0.05) is 18.2 Å². The summed E-state index contributed by atoms with van der Waals surface area (Å²) in [5.74, 6) is 0.380. The Morgan fingerprint density at radius 1 is 1.47 bits per heavy atom. The number of carbonyl (C=O) groups excluding carboxylic acids is 1. The number of rotatable bonds is 3. The summed E-state index contributed by atoms with van der Waals surface area (Å²) < 4.78 is 10.4. The Hall–Kier alpha value is -1.55. The van der Waals surface area contributed by atoms with Crippen LogP contribution >= 0.6 is 0 Å². The molecule has 0 aliphatic carbocycles. The molecule has 1 aromatic carbocycles. The molecule has 15 heavy (non-hydrogen) atoms. The first-order valence-corrected chi connectivity index (χ1v) is 4.92. The Balaban J connectivity index is 2.12. The van der Waals surface area contributed by atoms with Crippen molar-refractivity contribution in [3.63, 3.8) is 0 Å². The van der Waals surface area contributed by atoms with Gasteiger partial charge in [-0.2, -0.15) is 0 Å². The molecule has 0 bridgehead atoms. The molecule has 1 aliphatic heterocycles. The lowest BCUT2D eigenvalue weighted by molar-refractivity contribution is -0.143.